The highest BCUT2D eigenvalue weighted by Crippen LogP contribution is 2.28. The summed E-state index contributed by atoms with van der Waals surface area (Å²) in [5, 5.41) is 7.45. The molecule has 0 spiro atoms. The van der Waals surface area contributed by atoms with Gasteiger partial charge in [-0.2, -0.15) is 4.31 Å². The molecule has 0 aliphatic carbocycles. The van der Waals surface area contributed by atoms with Crippen LogP contribution in [0.15, 0.2) is 21.7 Å². The summed E-state index contributed by atoms with van der Waals surface area (Å²) in [4.78, 5) is 11.8. The molecule has 0 bridgehead atoms. The molecule has 0 unspecified atom stereocenters. The molecule has 136 valence electrons. The average molecular weight is 374 g/mol. The van der Waals surface area contributed by atoms with E-state index in [0.717, 1.165) is 19.3 Å². The second-order valence-corrected chi connectivity index (χ2v) is 10.2. The Morgan fingerprint density at radius 2 is 2.12 bits per heavy atom. The number of thiophene rings is 1. The number of carbonyl (C=O) groups is 1. The van der Waals surface area contributed by atoms with Gasteiger partial charge in [-0.1, -0.05) is 12.5 Å². The van der Waals surface area contributed by atoms with E-state index >= 15 is 0 Å². The molecule has 1 aliphatic rings. The van der Waals surface area contributed by atoms with E-state index in [0.29, 0.717) is 23.7 Å². The lowest BCUT2D eigenvalue weighted by Gasteiger charge is -2.34. The van der Waals surface area contributed by atoms with E-state index in [1.807, 2.05) is 20.8 Å². The zero-order valence-electron chi connectivity index (χ0n) is 14.5. The van der Waals surface area contributed by atoms with E-state index in [4.69, 9.17) is 0 Å². The molecule has 2 heterocycles. The number of rotatable bonds is 5. The Balaban J connectivity index is 1.94. The van der Waals surface area contributed by atoms with Crippen molar-refractivity contribution in [2.75, 3.05) is 13.1 Å². The van der Waals surface area contributed by atoms with Crippen LogP contribution in [-0.4, -0.2) is 43.4 Å². The van der Waals surface area contributed by atoms with Crippen molar-refractivity contribution < 1.29 is 13.2 Å². The fraction of sp³-hybridized carbons (Fsp3) is 0.688. The van der Waals surface area contributed by atoms with Gasteiger partial charge in [0.2, 0.25) is 0 Å². The summed E-state index contributed by atoms with van der Waals surface area (Å²) >= 11 is 1.25. The minimum atomic E-state index is -3.42. The molecule has 2 rings (SSSR count). The first-order chi connectivity index (χ1) is 11.2. The highest BCUT2D eigenvalue weighted by atomic mass is 32.2. The zero-order valence-corrected chi connectivity index (χ0v) is 16.2. The van der Waals surface area contributed by atoms with Crippen molar-refractivity contribution in [3.63, 3.8) is 0 Å². The first kappa shape index (κ1) is 19.2. The first-order valence-corrected chi connectivity index (χ1v) is 10.6. The lowest BCUT2D eigenvalue weighted by atomic mass is 10.0. The van der Waals surface area contributed by atoms with Crippen LogP contribution in [0.4, 0.5) is 4.79 Å². The monoisotopic (exact) mass is 373 g/mol. The van der Waals surface area contributed by atoms with Gasteiger partial charge in [-0.3, -0.25) is 0 Å². The smallest absolute Gasteiger partial charge is 0.315 e. The summed E-state index contributed by atoms with van der Waals surface area (Å²) in [6, 6.07) is 3.14. The molecule has 1 aromatic heterocycles. The van der Waals surface area contributed by atoms with Crippen LogP contribution in [0.1, 0.15) is 46.5 Å². The largest absolute Gasteiger partial charge is 0.338 e. The second-order valence-electron chi connectivity index (χ2n) is 7.12. The molecule has 1 atom stereocenters. The number of urea groups is 1. The third-order valence-corrected chi connectivity index (χ3v) is 7.21. The highest BCUT2D eigenvalue weighted by molar-refractivity contribution is 7.91. The van der Waals surface area contributed by atoms with Gasteiger partial charge >= 0.3 is 6.03 Å². The van der Waals surface area contributed by atoms with Crippen molar-refractivity contribution in [3.05, 3.63) is 17.5 Å². The molecule has 1 fully saturated rings. The van der Waals surface area contributed by atoms with E-state index in [2.05, 4.69) is 10.6 Å². The van der Waals surface area contributed by atoms with E-state index < -0.39 is 10.0 Å². The van der Waals surface area contributed by atoms with Gasteiger partial charge in [0.1, 0.15) is 4.21 Å². The van der Waals surface area contributed by atoms with Crippen molar-refractivity contribution in [2.24, 2.45) is 0 Å². The molecule has 8 heteroatoms. The summed E-state index contributed by atoms with van der Waals surface area (Å²) in [6.07, 6.45) is 3.38. The lowest BCUT2D eigenvalue weighted by molar-refractivity contribution is 0.223. The molecule has 0 radical (unpaired) electrons. The molecule has 1 aromatic rings. The number of nitrogens with one attached hydrogen (secondary N) is 2. The van der Waals surface area contributed by atoms with Crippen molar-refractivity contribution in [2.45, 2.75) is 62.2 Å². The fourth-order valence-corrected chi connectivity index (χ4v) is 5.68. The Kier molecular flexibility index (Phi) is 6.28. The Bertz CT molecular complexity index is 636. The summed E-state index contributed by atoms with van der Waals surface area (Å²) in [5.41, 5.74) is -0.288. The molecule has 6 nitrogen and oxygen atoms in total. The number of amides is 2. The molecule has 0 aromatic carbocycles. The van der Waals surface area contributed by atoms with Gasteiger partial charge in [0.25, 0.3) is 10.0 Å². The highest BCUT2D eigenvalue weighted by Gasteiger charge is 2.33. The van der Waals surface area contributed by atoms with Gasteiger partial charge in [0.15, 0.2) is 0 Å². The second kappa shape index (κ2) is 7.84. The number of carbonyl (C=O) groups excluding carboxylic acids is 1. The number of sulfonamides is 1. The summed E-state index contributed by atoms with van der Waals surface area (Å²) in [5.74, 6) is 0. The Morgan fingerprint density at radius 3 is 2.75 bits per heavy atom. The minimum absolute atomic E-state index is 0.0548. The average Bonchev–Trinajstić information content (AvgIpc) is 3.00. The molecule has 0 saturated carbocycles. The molecular formula is C16H27N3O3S2. The van der Waals surface area contributed by atoms with E-state index in [-0.39, 0.29) is 17.6 Å². The van der Waals surface area contributed by atoms with Crippen LogP contribution in [0.2, 0.25) is 0 Å². The van der Waals surface area contributed by atoms with Gasteiger partial charge in [-0.25, -0.2) is 13.2 Å². The van der Waals surface area contributed by atoms with Gasteiger partial charge < -0.3 is 10.6 Å². The van der Waals surface area contributed by atoms with Crippen LogP contribution in [0.25, 0.3) is 0 Å². The number of hydrogen-bond acceptors (Lipinski definition) is 4. The van der Waals surface area contributed by atoms with E-state index in [1.165, 1.54) is 11.3 Å². The van der Waals surface area contributed by atoms with Gasteiger partial charge in [-0.05, 0) is 51.5 Å². The van der Waals surface area contributed by atoms with E-state index in [1.54, 1.807) is 21.8 Å². The summed E-state index contributed by atoms with van der Waals surface area (Å²) in [7, 11) is -3.42. The Morgan fingerprint density at radius 1 is 1.38 bits per heavy atom. The van der Waals surface area contributed by atoms with Crippen molar-refractivity contribution in [1.82, 2.24) is 14.9 Å². The lowest BCUT2D eigenvalue weighted by Crippen LogP contribution is -2.48. The number of nitrogens with zero attached hydrogens (tertiary/aromatic N) is 1. The minimum Gasteiger partial charge on any atom is -0.338 e. The van der Waals surface area contributed by atoms with Crippen LogP contribution < -0.4 is 10.6 Å². The summed E-state index contributed by atoms with van der Waals surface area (Å²) in [6.45, 7) is 6.78. The number of hydrogen-bond donors (Lipinski definition) is 2. The normalized spacial score (nSPS) is 19.9. The molecule has 2 amide bonds. The SMILES string of the molecule is CC(C)(C)NC(=O)NCC[C@@H]1CCCCN1S(=O)(=O)c1cccs1. The Labute approximate surface area is 148 Å². The third-order valence-electron chi connectivity index (χ3n) is 3.88. The van der Waals surface area contributed by atoms with E-state index in [9.17, 15) is 13.2 Å². The maximum absolute atomic E-state index is 12.8. The molecule has 1 aliphatic heterocycles. The quantitative estimate of drug-likeness (QED) is 0.833. The summed E-state index contributed by atoms with van der Waals surface area (Å²) < 4.78 is 27.6. The number of piperidine rings is 1. The molecular weight excluding hydrogens is 346 g/mol. The molecule has 1 saturated heterocycles. The topological polar surface area (TPSA) is 78.5 Å². The maximum atomic E-state index is 12.8. The van der Waals surface area contributed by atoms with Gasteiger partial charge in [0, 0.05) is 24.7 Å². The van der Waals surface area contributed by atoms with Crippen LogP contribution in [0, 0.1) is 0 Å². The van der Waals surface area contributed by atoms with Gasteiger partial charge in [-0.15, -0.1) is 11.3 Å². The van der Waals surface area contributed by atoms with Crippen LogP contribution in [-0.2, 0) is 10.0 Å². The third kappa shape index (κ3) is 5.19. The zero-order chi connectivity index (χ0) is 17.8. The van der Waals surface area contributed by atoms with Crippen LogP contribution >= 0.6 is 11.3 Å². The predicted molar refractivity (Wildman–Crippen MR) is 96.8 cm³/mol. The van der Waals surface area contributed by atoms with Crippen molar-refractivity contribution >= 4 is 27.4 Å². The van der Waals surface area contributed by atoms with Crippen LogP contribution in [0.3, 0.4) is 0 Å². The Hall–Kier alpha value is -1.12. The maximum Gasteiger partial charge on any atom is 0.315 e. The van der Waals surface area contributed by atoms with Crippen LogP contribution in [0.5, 0.6) is 0 Å². The molecule has 2 N–H and O–H groups in total. The fourth-order valence-electron chi connectivity index (χ4n) is 2.84. The molecule has 24 heavy (non-hydrogen) atoms. The first-order valence-electron chi connectivity index (χ1n) is 8.31. The van der Waals surface area contributed by atoms with Crippen molar-refractivity contribution in [3.8, 4) is 0 Å². The standard InChI is InChI=1S/C16H27N3O3S2/c1-16(2,3)18-15(20)17-10-9-13-7-4-5-11-19(13)24(21,22)14-8-6-12-23-14/h6,8,12-13H,4-5,7,9-11H2,1-3H3,(H2,17,18,20)/t13-/m0/s1. The van der Waals surface area contributed by atoms with Crippen molar-refractivity contribution in [1.29, 1.82) is 0 Å². The van der Waals surface area contributed by atoms with Gasteiger partial charge in [0.05, 0.1) is 0 Å². The predicted octanol–water partition coefficient (Wildman–Crippen LogP) is 2.78.